The van der Waals surface area contributed by atoms with Crippen molar-refractivity contribution in [3.05, 3.63) is 53.6 Å². The monoisotopic (exact) mass is 451 g/mol. The van der Waals surface area contributed by atoms with Gasteiger partial charge in [0.2, 0.25) is 10.0 Å². The zero-order valence-electron chi connectivity index (χ0n) is 16.1. The summed E-state index contributed by atoms with van der Waals surface area (Å²) in [6.45, 7) is 3.00. The zero-order chi connectivity index (χ0) is 21.5. The highest BCUT2D eigenvalue weighted by Gasteiger charge is 2.28. The van der Waals surface area contributed by atoms with Gasteiger partial charge in [-0.2, -0.15) is 4.31 Å². The first-order valence-electron chi connectivity index (χ1n) is 9.41. The first-order chi connectivity index (χ1) is 14.2. The molecule has 1 atom stereocenters. The van der Waals surface area contributed by atoms with Gasteiger partial charge in [0.1, 0.15) is 11.3 Å². The van der Waals surface area contributed by atoms with Crippen LogP contribution >= 0.6 is 11.3 Å². The number of hydrogen-bond acceptors (Lipinski definition) is 5. The number of carbonyl (C=O) groups excluding carboxylic acids is 1. The number of thiazole rings is 1. The minimum Gasteiger partial charge on any atom is -0.298 e. The number of rotatable bonds is 4. The van der Waals surface area contributed by atoms with Crippen LogP contribution in [-0.4, -0.2) is 36.7 Å². The maximum Gasteiger partial charge on any atom is 0.257 e. The van der Waals surface area contributed by atoms with Gasteiger partial charge < -0.3 is 0 Å². The molecule has 6 nitrogen and oxygen atoms in total. The largest absolute Gasteiger partial charge is 0.298 e. The van der Waals surface area contributed by atoms with E-state index in [9.17, 15) is 22.0 Å². The fourth-order valence-electron chi connectivity index (χ4n) is 3.47. The molecule has 4 rings (SSSR count). The van der Waals surface area contributed by atoms with Crippen molar-refractivity contribution in [3.63, 3.8) is 0 Å². The van der Waals surface area contributed by atoms with E-state index in [1.807, 2.05) is 6.92 Å². The number of hydrogen-bond donors (Lipinski definition) is 1. The number of aromatic nitrogens is 1. The molecular weight excluding hydrogens is 432 g/mol. The average Bonchev–Trinajstić information content (AvgIpc) is 3.10. The van der Waals surface area contributed by atoms with Crippen LogP contribution in [-0.2, 0) is 10.0 Å². The Morgan fingerprint density at radius 3 is 2.67 bits per heavy atom. The fraction of sp³-hybridized carbons (Fsp3) is 0.300. The molecule has 0 spiro atoms. The summed E-state index contributed by atoms with van der Waals surface area (Å²) < 4.78 is 54.5. The van der Waals surface area contributed by atoms with Crippen LogP contribution in [0.2, 0.25) is 0 Å². The minimum atomic E-state index is -3.61. The Morgan fingerprint density at radius 2 is 1.97 bits per heavy atom. The molecule has 1 aromatic heterocycles. The van der Waals surface area contributed by atoms with Gasteiger partial charge >= 0.3 is 0 Å². The minimum absolute atomic E-state index is 0.0195. The fourth-order valence-corrected chi connectivity index (χ4v) is 5.97. The summed E-state index contributed by atoms with van der Waals surface area (Å²) in [5.74, 6) is -1.74. The molecule has 10 heteroatoms. The molecule has 30 heavy (non-hydrogen) atoms. The second-order valence-electron chi connectivity index (χ2n) is 7.34. The van der Waals surface area contributed by atoms with Crippen molar-refractivity contribution in [3.8, 4) is 0 Å². The van der Waals surface area contributed by atoms with Crippen LogP contribution in [0.25, 0.3) is 10.2 Å². The van der Waals surface area contributed by atoms with E-state index in [2.05, 4.69) is 10.3 Å². The molecule has 0 radical (unpaired) electrons. The Hall–Kier alpha value is -2.43. The molecule has 1 unspecified atom stereocenters. The Labute approximate surface area is 176 Å². The van der Waals surface area contributed by atoms with Gasteiger partial charge in [0.05, 0.1) is 9.60 Å². The summed E-state index contributed by atoms with van der Waals surface area (Å²) in [5.41, 5.74) is 0.209. The molecule has 3 aromatic rings. The van der Waals surface area contributed by atoms with Gasteiger partial charge in [-0.1, -0.05) is 18.3 Å². The van der Waals surface area contributed by atoms with Crippen LogP contribution in [0.3, 0.4) is 0 Å². The highest BCUT2D eigenvalue weighted by molar-refractivity contribution is 7.89. The van der Waals surface area contributed by atoms with Gasteiger partial charge in [0.15, 0.2) is 10.9 Å². The Kier molecular flexibility index (Phi) is 5.56. The van der Waals surface area contributed by atoms with Crippen LogP contribution in [0.1, 0.15) is 30.1 Å². The number of nitrogens with zero attached hydrogens (tertiary/aromatic N) is 2. The number of carbonyl (C=O) groups is 1. The quantitative estimate of drug-likeness (QED) is 0.643. The highest BCUT2D eigenvalue weighted by Crippen LogP contribution is 2.29. The van der Waals surface area contributed by atoms with Gasteiger partial charge in [-0.15, -0.1) is 0 Å². The van der Waals surface area contributed by atoms with E-state index in [4.69, 9.17) is 0 Å². The Balaban J connectivity index is 1.51. The number of amides is 1. The Morgan fingerprint density at radius 1 is 1.23 bits per heavy atom. The molecule has 1 fully saturated rings. The molecule has 0 bridgehead atoms. The molecule has 0 saturated carbocycles. The molecular formula is C20H19F2N3O3S2. The third kappa shape index (κ3) is 4.07. The second kappa shape index (κ2) is 8.01. The number of anilines is 1. The van der Waals surface area contributed by atoms with E-state index in [1.165, 1.54) is 28.6 Å². The predicted octanol–water partition coefficient (Wildman–Crippen LogP) is 4.25. The summed E-state index contributed by atoms with van der Waals surface area (Å²) in [4.78, 5) is 16.6. The third-order valence-electron chi connectivity index (χ3n) is 5.01. The first-order valence-corrected chi connectivity index (χ1v) is 11.7. The highest BCUT2D eigenvalue weighted by atomic mass is 32.2. The maximum atomic E-state index is 13.8. The van der Waals surface area contributed by atoms with E-state index in [-0.39, 0.29) is 25.8 Å². The number of halogens is 2. The average molecular weight is 452 g/mol. The van der Waals surface area contributed by atoms with Crippen LogP contribution < -0.4 is 5.32 Å². The zero-order valence-corrected chi connectivity index (χ0v) is 17.7. The van der Waals surface area contributed by atoms with Gasteiger partial charge in [0.25, 0.3) is 5.91 Å². The molecule has 1 N–H and O–H groups in total. The predicted molar refractivity (Wildman–Crippen MR) is 111 cm³/mol. The van der Waals surface area contributed by atoms with E-state index in [1.54, 1.807) is 0 Å². The molecule has 2 aromatic carbocycles. The van der Waals surface area contributed by atoms with Gasteiger partial charge in [-0.3, -0.25) is 10.1 Å². The maximum absolute atomic E-state index is 13.8. The van der Waals surface area contributed by atoms with Crippen molar-refractivity contribution in [1.82, 2.24) is 9.29 Å². The third-order valence-corrected chi connectivity index (χ3v) is 7.80. The van der Waals surface area contributed by atoms with Crippen LogP contribution in [0, 0.1) is 17.6 Å². The molecule has 158 valence electrons. The van der Waals surface area contributed by atoms with Crippen LogP contribution in [0.5, 0.6) is 0 Å². The number of piperidine rings is 1. The van der Waals surface area contributed by atoms with Crippen molar-refractivity contribution in [2.75, 3.05) is 18.4 Å². The molecule has 2 heterocycles. The summed E-state index contributed by atoms with van der Waals surface area (Å²) in [5, 5.41) is 2.66. The van der Waals surface area contributed by atoms with Crippen LogP contribution in [0.4, 0.5) is 13.9 Å². The number of fused-ring (bicyclic) bond motifs is 1. The van der Waals surface area contributed by atoms with Gasteiger partial charge in [-0.05, 0) is 49.1 Å². The van der Waals surface area contributed by atoms with Crippen molar-refractivity contribution in [2.45, 2.75) is 24.7 Å². The van der Waals surface area contributed by atoms with E-state index in [0.29, 0.717) is 19.0 Å². The molecule has 1 amide bonds. The normalized spacial score (nSPS) is 17.9. The summed E-state index contributed by atoms with van der Waals surface area (Å²) >= 11 is 0.949. The number of benzene rings is 2. The SMILES string of the molecule is CC1CCCN(S(=O)(=O)c2ccc(C(=O)Nc3nc4c(F)cc(F)cc4s3)cc2)C1. The Bertz CT molecular complexity index is 1210. The van der Waals surface area contributed by atoms with Crippen molar-refractivity contribution in [2.24, 2.45) is 5.92 Å². The lowest BCUT2D eigenvalue weighted by molar-refractivity contribution is 0.102. The molecule has 0 aliphatic carbocycles. The standard InChI is InChI=1S/C20H19F2N3O3S2/c1-12-3-2-8-25(11-12)30(27,28)15-6-4-13(5-7-15)19(26)24-20-23-18-16(22)9-14(21)10-17(18)29-20/h4-7,9-10,12H,2-3,8,11H2,1H3,(H,23,24,26). The molecule has 1 aliphatic rings. The van der Waals surface area contributed by atoms with Gasteiger partial charge in [0, 0.05) is 24.7 Å². The summed E-state index contributed by atoms with van der Waals surface area (Å²) in [6, 6.07) is 7.52. The van der Waals surface area contributed by atoms with Gasteiger partial charge in [-0.25, -0.2) is 22.2 Å². The summed E-state index contributed by atoms with van der Waals surface area (Å²) in [7, 11) is -3.61. The number of nitrogens with one attached hydrogen (secondary N) is 1. The van der Waals surface area contributed by atoms with E-state index >= 15 is 0 Å². The van der Waals surface area contributed by atoms with E-state index < -0.39 is 27.6 Å². The molecule has 1 saturated heterocycles. The van der Waals surface area contributed by atoms with Crippen molar-refractivity contribution >= 4 is 42.6 Å². The molecule has 1 aliphatic heterocycles. The smallest absolute Gasteiger partial charge is 0.257 e. The lowest BCUT2D eigenvalue weighted by atomic mass is 10.0. The topological polar surface area (TPSA) is 79.4 Å². The lowest BCUT2D eigenvalue weighted by Gasteiger charge is -2.30. The summed E-state index contributed by atoms with van der Waals surface area (Å²) in [6.07, 6.45) is 1.83. The van der Waals surface area contributed by atoms with Crippen molar-refractivity contribution in [1.29, 1.82) is 0 Å². The first kappa shape index (κ1) is 20.8. The van der Waals surface area contributed by atoms with E-state index in [0.717, 1.165) is 36.3 Å². The number of sulfonamides is 1. The van der Waals surface area contributed by atoms with Crippen molar-refractivity contribution < 1.29 is 22.0 Å². The van der Waals surface area contributed by atoms with Crippen LogP contribution in [0.15, 0.2) is 41.3 Å². The lowest BCUT2D eigenvalue weighted by Crippen LogP contribution is -2.39. The second-order valence-corrected chi connectivity index (χ2v) is 10.3.